The van der Waals surface area contributed by atoms with Gasteiger partial charge in [-0.25, -0.2) is 9.79 Å². The van der Waals surface area contributed by atoms with Gasteiger partial charge in [0, 0.05) is 16.1 Å². The molecular formula is C22H17N3O4S2. The smallest absolute Gasteiger partial charge is 0.338 e. The van der Waals surface area contributed by atoms with E-state index in [1.807, 2.05) is 35.7 Å². The first-order valence-electron chi connectivity index (χ1n) is 9.67. The first-order valence-corrected chi connectivity index (χ1v) is 11.4. The van der Waals surface area contributed by atoms with Crippen LogP contribution in [0.2, 0.25) is 0 Å². The lowest BCUT2D eigenvalue weighted by atomic mass is 10.0. The van der Waals surface area contributed by atoms with Crippen molar-refractivity contribution in [2.75, 3.05) is 11.9 Å². The number of hydrogen-bond acceptors (Lipinski definition) is 7. The van der Waals surface area contributed by atoms with Gasteiger partial charge in [-0.3, -0.25) is 14.2 Å². The summed E-state index contributed by atoms with van der Waals surface area (Å²) in [5.41, 5.74) is 2.19. The summed E-state index contributed by atoms with van der Waals surface area (Å²) in [4.78, 5) is 45.0. The number of ether oxygens (including phenoxy) is 1. The molecule has 9 heteroatoms. The number of nitrogens with one attached hydrogen (secondary N) is 1. The Morgan fingerprint density at radius 2 is 2.03 bits per heavy atom. The zero-order valence-electron chi connectivity index (χ0n) is 16.7. The van der Waals surface area contributed by atoms with Crippen molar-refractivity contribution in [1.82, 2.24) is 4.57 Å². The van der Waals surface area contributed by atoms with E-state index in [1.165, 1.54) is 15.9 Å². The predicted octanol–water partition coefficient (Wildman–Crippen LogP) is 2.18. The van der Waals surface area contributed by atoms with E-state index in [2.05, 4.69) is 10.3 Å². The molecule has 2 aliphatic heterocycles. The average Bonchev–Trinajstić information content (AvgIpc) is 3.45. The van der Waals surface area contributed by atoms with Crippen LogP contribution in [0, 0.1) is 0 Å². The van der Waals surface area contributed by atoms with Gasteiger partial charge in [0.05, 0.1) is 23.5 Å². The van der Waals surface area contributed by atoms with Gasteiger partial charge < -0.3 is 10.1 Å². The molecule has 0 radical (unpaired) electrons. The van der Waals surface area contributed by atoms with Crippen molar-refractivity contribution < 1.29 is 14.3 Å². The van der Waals surface area contributed by atoms with E-state index in [0.717, 1.165) is 16.2 Å². The lowest BCUT2D eigenvalue weighted by Gasteiger charge is -2.23. The van der Waals surface area contributed by atoms with Gasteiger partial charge in [-0.1, -0.05) is 35.6 Å². The highest BCUT2D eigenvalue weighted by molar-refractivity contribution is 7.10. The van der Waals surface area contributed by atoms with E-state index in [0.29, 0.717) is 37.4 Å². The molecule has 0 saturated heterocycles. The third-order valence-electron chi connectivity index (χ3n) is 5.20. The van der Waals surface area contributed by atoms with Crippen LogP contribution in [0.4, 0.5) is 5.69 Å². The Labute approximate surface area is 184 Å². The van der Waals surface area contributed by atoms with Crippen molar-refractivity contribution in [2.45, 2.75) is 19.9 Å². The Morgan fingerprint density at radius 3 is 2.77 bits per heavy atom. The number of anilines is 1. The van der Waals surface area contributed by atoms with Gasteiger partial charge >= 0.3 is 5.97 Å². The molecule has 1 N–H and O–H groups in total. The SMILES string of the molecule is CCOC(=O)C1=C(C)N=c2s/c(=C3\C(=O)Nc4ccccc43)c(=O)n2[C@H]1c1cccs1. The summed E-state index contributed by atoms with van der Waals surface area (Å²) in [5.74, 6) is -0.815. The van der Waals surface area contributed by atoms with Crippen LogP contribution in [-0.4, -0.2) is 23.1 Å². The second kappa shape index (κ2) is 7.44. The van der Waals surface area contributed by atoms with Crippen molar-refractivity contribution in [3.05, 3.63) is 83.2 Å². The number of rotatable bonds is 3. The standard InChI is InChI=1S/C22H17N3O4S2/c1-3-29-21(28)15-11(2)23-22-25(17(15)14-9-6-10-30-14)20(27)18(31-22)16-12-7-4-5-8-13(12)24-19(16)26/h4-10,17H,3H2,1-2H3,(H,24,26)/b18-16-/t17-/m0/s1. The molecule has 1 atom stereocenters. The molecule has 31 heavy (non-hydrogen) atoms. The Kier molecular flexibility index (Phi) is 4.71. The Hall–Kier alpha value is -3.30. The summed E-state index contributed by atoms with van der Waals surface area (Å²) in [5, 5.41) is 4.71. The second-order valence-corrected chi connectivity index (χ2v) is 8.97. The summed E-state index contributed by atoms with van der Waals surface area (Å²) < 4.78 is 7.08. The number of hydrogen-bond donors (Lipinski definition) is 1. The molecule has 2 aromatic heterocycles. The third kappa shape index (κ3) is 3.00. The van der Waals surface area contributed by atoms with Crippen LogP contribution in [0.5, 0.6) is 0 Å². The molecule has 2 aliphatic rings. The van der Waals surface area contributed by atoms with Crippen LogP contribution < -0.4 is 20.2 Å². The fourth-order valence-corrected chi connectivity index (χ4v) is 5.87. The molecule has 3 aromatic rings. The van der Waals surface area contributed by atoms with Gasteiger partial charge in [0.1, 0.15) is 10.6 Å². The normalized spacial score (nSPS) is 18.9. The number of nitrogens with zero attached hydrogens (tertiary/aromatic N) is 2. The number of aromatic nitrogens is 1. The summed E-state index contributed by atoms with van der Waals surface area (Å²) in [6, 6.07) is 10.4. The molecule has 0 aliphatic carbocycles. The number of allylic oxidation sites excluding steroid dienone is 1. The van der Waals surface area contributed by atoms with Crippen LogP contribution in [-0.2, 0) is 14.3 Å². The van der Waals surface area contributed by atoms with Crippen LogP contribution >= 0.6 is 22.7 Å². The zero-order valence-corrected chi connectivity index (χ0v) is 18.3. The Morgan fingerprint density at radius 1 is 1.23 bits per heavy atom. The Bertz CT molecular complexity index is 1440. The van der Waals surface area contributed by atoms with Gasteiger partial charge in [-0.15, -0.1) is 11.3 Å². The summed E-state index contributed by atoms with van der Waals surface area (Å²) in [6.07, 6.45) is 0. The first-order chi connectivity index (χ1) is 15.0. The number of esters is 1. The zero-order chi connectivity index (χ0) is 21.7. The summed E-state index contributed by atoms with van der Waals surface area (Å²) in [6.45, 7) is 3.70. The second-order valence-electron chi connectivity index (χ2n) is 7.01. The van der Waals surface area contributed by atoms with Crippen LogP contribution in [0.15, 0.2) is 62.8 Å². The number of amides is 1. The van der Waals surface area contributed by atoms with Crippen LogP contribution in [0.1, 0.15) is 30.3 Å². The molecule has 156 valence electrons. The fraction of sp³-hybridized carbons (Fsp3) is 0.182. The highest BCUT2D eigenvalue weighted by Gasteiger charge is 2.35. The van der Waals surface area contributed by atoms with E-state index in [-0.39, 0.29) is 18.1 Å². The maximum absolute atomic E-state index is 13.6. The van der Waals surface area contributed by atoms with E-state index < -0.39 is 12.0 Å². The highest BCUT2D eigenvalue weighted by atomic mass is 32.1. The van der Waals surface area contributed by atoms with E-state index in [4.69, 9.17) is 4.74 Å². The largest absolute Gasteiger partial charge is 0.463 e. The summed E-state index contributed by atoms with van der Waals surface area (Å²) >= 11 is 2.61. The first kappa shape index (κ1) is 19.7. The Balaban J connectivity index is 1.82. The molecule has 0 saturated carbocycles. The number of thiophene rings is 1. The topological polar surface area (TPSA) is 89.8 Å². The number of benzene rings is 1. The molecule has 0 spiro atoms. The van der Waals surface area contributed by atoms with Crippen molar-refractivity contribution in [3.8, 4) is 0 Å². The van der Waals surface area contributed by atoms with Gasteiger partial charge in [-0.05, 0) is 31.4 Å². The third-order valence-corrected chi connectivity index (χ3v) is 7.18. The minimum Gasteiger partial charge on any atom is -0.463 e. The number of para-hydroxylation sites is 1. The number of thiazole rings is 1. The quantitative estimate of drug-likeness (QED) is 0.618. The molecule has 0 bridgehead atoms. The molecular weight excluding hydrogens is 434 g/mol. The molecule has 1 aromatic carbocycles. The minimum absolute atomic E-state index is 0.221. The van der Waals surface area contributed by atoms with E-state index in [9.17, 15) is 14.4 Å². The monoisotopic (exact) mass is 451 g/mol. The van der Waals surface area contributed by atoms with E-state index >= 15 is 0 Å². The number of fused-ring (bicyclic) bond motifs is 2. The van der Waals surface area contributed by atoms with Gasteiger partial charge in [0.15, 0.2) is 4.80 Å². The van der Waals surface area contributed by atoms with Crippen molar-refractivity contribution in [1.29, 1.82) is 0 Å². The van der Waals surface area contributed by atoms with Crippen LogP contribution in [0.25, 0.3) is 5.57 Å². The fourth-order valence-electron chi connectivity index (χ4n) is 3.90. The number of carbonyl (C=O) groups excluding carboxylic acids is 2. The average molecular weight is 452 g/mol. The van der Waals surface area contributed by atoms with Gasteiger partial charge in [0.2, 0.25) is 0 Å². The van der Waals surface area contributed by atoms with E-state index in [1.54, 1.807) is 19.9 Å². The van der Waals surface area contributed by atoms with Gasteiger partial charge in [-0.2, -0.15) is 0 Å². The molecule has 0 fully saturated rings. The van der Waals surface area contributed by atoms with Gasteiger partial charge in [0.25, 0.3) is 11.5 Å². The molecule has 5 rings (SSSR count). The lowest BCUT2D eigenvalue weighted by molar-refractivity contribution is -0.139. The minimum atomic E-state index is -0.649. The molecule has 7 nitrogen and oxygen atoms in total. The number of carbonyl (C=O) groups is 2. The summed E-state index contributed by atoms with van der Waals surface area (Å²) in [7, 11) is 0. The van der Waals surface area contributed by atoms with Crippen LogP contribution in [0.3, 0.4) is 0 Å². The molecule has 1 amide bonds. The molecule has 4 heterocycles. The lowest BCUT2D eigenvalue weighted by Crippen LogP contribution is -2.40. The highest BCUT2D eigenvalue weighted by Crippen LogP contribution is 2.34. The maximum atomic E-state index is 13.6. The maximum Gasteiger partial charge on any atom is 0.338 e. The van der Waals surface area contributed by atoms with Crippen molar-refractivity contribution in [2.24, 2.45) is 4.99 Å². The predicted molar refractivity (Wildman–Crippen MR) is 119 cm³/mol. The van der Waals surface area contributed by atoms with Crippen molar-refractivity contribution in [3.63, 3.8) is 0 Å². The molecule has 0 unspecified atom stereocenters. The van der Waals surface area contributed by atoms with Crippen molar-refractivity contribution >= 4 is 45.8 Å².